The van der Waals surface area contributed by atoms with Crippen LogP contribution < -0.4 is 10.5 Å². The number of nitrogens with one attached hydrogen (secondary N) is 1. The second-order valence-corrected chi connectivity index (χ2v) is 6.32. The molecular formula is C11H11N3O4S2. The predicted molar refractivity (Wildman–Crippen MR) is 74.0 cm³/mol. The Morgan fingerprint density at radius 3 is 2.75 bits per heavy atom. The topological polar surface area (TPSA) is 122 Å². The number of carboxylic acid groups (broad SMARTS) is 1. The maximum atomic E-state index is 12.1. The van der Waals surface area contributed by atoms with E-state index < -0.39 is 16.0 Å². The molecule has 0 radical (unpaired) electrons. The molecule has 0 saturated heterocycles. The van der Waals surface area contributed by atoms with Crippen molar-refractivity contribution in [2.45, 2.75) is 11.4 Å². The van der Waals surface area contributed by atoms with E-state index in [0.717, 1.165) is 6.07 Å². The van der Waals surface area contributed by atoms with Crippen LogP contribution in [0, 0.1) is 0 Å². The molecule has 1 aromatic carbocycles. The molecule has 2 aromatic rings. The van der Waals surface area contributed by atoms with Gasteiger partial charge in [-0.2, -0.15) is 0 Å². The van der Waals surface area contributed by atoms with Gasteiger partial charge >= 0.3 is 5.97 Å². The molecule has 4 N–H and O–H groups in total. The van der Waals surface area contributed by atoms with Gasteiger partial charge in [-0.05, 0) is 18.2 Å². The maximum Gasteiger partial charge on any atom is 0.335 e. The molecule has 1 aromatic heterocycles. The Hall–Kier alpha value is -1.97. The van der Waals surface area contributed by atoms with Gasteiger partial charge in [-0.3, -0.25) is 0 Å². The third kappa shape index (κ3) is 3.13. The Labute approximate surface area is 119 Å². The Balaban J connectivity index is 2.23. The molecule has 0 unspecified atom stereocenters. The highest BCUT2D eigenvalue weighted by molar-refractivity contribution is 7.89. The number of nitrogens with two attached hydrogens (primary N) is 1. The average Bonchev–Trinajstić information content (AvgIpc) is 2.89. The van der Waals surface area contributed by atoms with E-state index in [1.807, 2.05) is 0 Å². The summed E-state index contributed by atoms with van der Waals surface area (Å²) in [5, 5.41) is 10.5. The second-order valence-electron chi connectivity index (χ2n) is 3.86. The number of carbonyl (C=O) groups is 1. The fraction of sp³-hybridized carbons (Fsp3) is 0.0909. The van der Waals surface area contributed by atoms with Crippen molar-refractivity contribution in [2.75, 3.05) is 5.73 Å². The zero-order chi connectivity index (χ0) is 14.8. The van der Waals surface area contributed by atoms with E-state index >= 15 is 0 Å². The van der Waals surface area contributed by atoms with Crippen molar-refractivity contribution in [2.24, 2.45) is 0 Å². The van der Waals surface area contributed by atoms with E-state index in [1.165, 1.54) is 23.5 Å². The first-order valence-corrected chi connectivity index (χ1v) is 7.82. The molecule has 106 valence electrons. The number of nitrogen functional groups attached to an aromatic ring is 1. The number of rotatable bonds is 5. The van der Waals surface area contributed by atoms with Crippen molar-refractivity contribution in [3.05, 3.63) is 40.3 Å². The standard InChI is InChI=1S/C11H11N3O4S2/c12-9-3-7(11(15)16)1-2-10(9)20(17,18)14-4-8-5-19-6-13-8/h1-3,5-6,14H,4,12H2,(H,15,16). The molecule has 0 saturated carbocycles. The summed E-state index contributed by atoms with van der Waals surface area (Å²) in [6.45, 7) is 0.0476. The number of hydrogen-bond donors (Lipinski definition) is 3. The molecule has 0 aliphatic rings. The molecule has 0 atom stereocenters. The van der Waals surface area contributed by atoms with Crippen molar-refractivity contribution in [1.82, 2.24) is 9.71 Å². The Morgan fingerprint density at radius 2 is 2.20 bits per heavy atom. The van der Waals surface area contributed by atoms with E-state index in [0.29, 0.717) is 5.69 Å². The summed E-state index contributed by atoms with van der Waals surface area (Å²) >= 11 is 1.36. The number of carboxylic acids is 1. The highest BCUT2D eigenvalue weighted by Crippen LogP contribution is 2.20. The highest BCUT2D eigenvalue weighted by Gasteiger charge is 2.18. The van der Waals surface area contributed by atoms with E-state index in [-0.39, 0.29) is 22.7 Å². The van der Waals surface area contributed by atoms with Gasteiger partial charge in [-0.25, -0.2) is 22.9 Å². The summed E-state index contributed by atoms with van der Waals surface area (Å²) in [5.74, 6) is -1.17. The van der Waals surface area contributed by atoms with Crippen LogP contribution in [0.25, 0.3) is 0 Å². The average molecular weight is 313 g/mol. The quantitative estimate of drug-likeness (QED) is 0.705. The largest absolute Gasteiger partial charge is 0.478 e. The van der Waals surface area contributed by atoms with E-state index in [2.05, 4.69) is 9.71 Å². The molecule has 0 aliphatic heterocycles. The molecule has 0 fully saturated rings. The minimum absolute atomic E-state index is 0.0476. The number of nitrogens with zero attached hydrogens (tertiary/aromatic N) is 1. The molecule has 20 heavy (non-hydrogen) atoms. The first-order valence-electron chi connectivity index (χ1n) is 5.40. The van der Waals surface area contributed by atoms with E-state index in [9.17, 15) is 13.2 Å². The minimum atomic E-state index is -3.81. The lowest BCUT2D eigenvalue weighted by molar-refractivity contribution is 0.0697. The van der Waals surface area contributed by atoms with Crippen molar-refractivity contribution < 1.29 is 18.3 Å². The molecule has 2 rings (SSSR count). The minimum Gasteiger partial charge on any atom is -0.478 e. The van der Waals surface area contributed by atoms with Crippen LogP contribution in [0.15, 0.2) is 34.0 Å². The monoisotopic (exact) mass is 313 g/mol. The Kier molecular flexibility index (Phi) is 4.02. The van der Waals surface area contributed by atoms with Crippen molar-refractivity contribution in [1.29, 1.82) is 0 Å². The summed E-state index contributed by atoms with van der Waals surface area (Å²) in [6, 6.07) is 3.47. The molecule has 0 aliphatic carbocycles. The summed E-state index contributed by atoms with van der Waals surface area (Å²) in [5.41, 5.74) is 7.61. The van der Waals surface area contributed by atoms with Gasteiger partial charge in [0, 0.05) is 5.38 Å². The van der Waals surface area contributed by atoms with Gasteiger partial charge in [-0.15, -0.1) is 11.3 Å². The number of aromatic nitrogens is 1. The molecule has 1 heterocycles. The fourth-order valence-corrected chi connectivity index (χ4v) is 3.17. The van der Waals surface area contributed by atoms with Gasteiger partial charge in [0.25, 0.3) is 0 Å². The number of anilines is 1. The lowest BCUT2D eigenvalue weighted by Gasteiger charge is -2.08. The predicted octanol–water partition coefficient (Wildman–Crippen LogP) is 0.902. The summed E-state index contributed by atoms with van der Waals surface area (Å²) in [7, 11) is -3.81. The van der Waals surface area contributed by atoms with Gasteiger partial charge in [-0.1, -0.05) is 0 Å². The first kappa shape index (κ1) is 14.4. The smallest absolute Gasteiger partial charge is 0.335 e. The Morgan fingerprint density at radius 1 is 1.45 bits per heavy atom. The molecular weight excluding hydrogens is 302 g/mol. The summed E-state index contributed by atoms with van der Waals surface area (Å²) in [4.78, 5) is 14.6. The van der Waals surface area contributed by atoms with Crippen LogP contribution in [0.4, 0.5) is 5.69 Å². The van der Waals surface area contributed by atoms with Crippen LogP contribution in [0.5, 0.6) is 0 Å². The third-order valence-corrected chi connectivity index (χ3v) is 4.58. The Bertz CT molecular complexity index is 726. The maximum absolute atomic E-state index is 12.1. The number of sulfonamides is 1. The van der Waals surface area contributed by atoms with Crippen LogP contribution in [0.3, 0.4) is 0 Å². The molecule has 0 amide bonds. The summed E-state index contributed by atoms with van der Waals surface area (Å²) in [6.07, 6.45) is 0. The molecule has 7 nitrogen and oxygen atoms in total. The van der Waals surface area contributed by atoms with E-state index in [1.54, 1.807) is 10.9 Å². The number of thiazole rings is 1. The second kappa shape index (κ2) is 5.57. The lowest BCUT2D eigenvalue weighted by Crippen LogP contribution is -2.24. The first-order chi connectivity index (χ1) is 9.40. The molecule has 0 bridgehead atoms. The van der Waals surface area contributed by atoms with Gasteiger partial charge in [0.15, 0.2) is 0 Å². The third-order valence-electron chi connectivity index (χ3n) is 2.47. The van der Waals surface area contributed by atoms with Crippen LogP contribution in [-0.2, 0) is 16.6 Å². The van der Waals surface area contributed by atoms with Crippen molar-refractivity contribution in [3.63, 3.8) is 0 Å². The SMILES string of the molecule is Nc1cc(C(=O)O)ccc1S(=O)(=O)NCc1cscn1. The van der Waals surface area contributed by atoms with Gasteiger partial charge in [0.2, 0.25) is 10.0 Å². The zero-order valence-electron chi connectivity index (χ0n) is 10.1. The van der Waals surface area contributed by atoms with Gasteiger partial charge in [0.05, 0.1) is 29.0 Å². The van der Waals surface area contributed by atoms with Crippen LogP contribution in [-0.4, -0.2) is 24.5 Å². The van der Waals surface area contributed by atoms with Crippen LogP contribution in [0.1, 0.15) is 16.1 Å². The molecule has 9 heteroatoms. The van der Waals surface area contributed by atoms with Crippen LogP contribution >= 0.6 is 11.3 Å². The fourth-order valence-electron chi connectivity index (χ4n) is 1.50. The highest BCUT2D eigenvalue weighted by atomic mass is 32.2. The van der Waals surface area contributed by atoms with Crippen molar-refractivity contribution in [3.8, 4) is 0 Å². The summed E-state index contributed by atoms with van der Waals surface area (Å²) < 4.78 is 26.5. The van der Waals surface area contributed by atoms with Gasteiger partial charge in [0.1, 0.15) is 4.90 Å². The number of hydrogen-bond acceptors (Lipinski definition) is 6. The lowest BCUT2D eigenvalue weighted by atomic mass is 10.2. The molecule has 0 spiro atoms. The zero-order valence-corrected chi connectivity index (χ0v) is 11.7. The van der Waals surface area contributed by atoms with Gasteiger partial charge < -0.3 is 10.8 Å². The van der Waals surface area contributed by atoms with E-state index in [4.69, 9.17) is 10.8 Å². The normalized spacial score (nSPS) is 11.4. The number of benzene rings is 1. The van der Waals surface area contributed by atoms with Crippen LogP contribution in [0.2, 0.25) is 0 Å². The number of aromatic carboxylic acids is 1. The van der Waals surface area contributed by atoms with Crippen molar-refractivity contribution >= 4 is 33.0 Å².